The van der Waals surface area contributed by atoms with Crippen molar-refractivity contribution >= 4 is 11.8 Å². The van der Waals surface area contributed by atoms with Crippen LogP contribution in [-0.2, 0) is 9.59 Å². The maximum absolute atomic E-state index is 12.1. The largest absolute Gasteiger partial charge is 0.388 e. The summed E-state index contributed by atoms with van der Waals surface area (Å²) in [5, 5.41) is 12.8. The van der Waals surface area contributed by atoms with E-state index in [4.69, 9.17) is 0 Å². The van der Waals surface area contributed by atoms with E-state index in [1.54, 1.807) is 12.2 Å². The Labute approximate surface area is 273 Å². The highest BCUT2D eigenvalue weighted by Crippen LogP contribution is 2.11. The summed E-state index contributed by atoms with van der Waals surface area (Å²) >= 11 is 0. The fourth-order valence-corrected chi connectivity index (χ4v) is 5.42. The monoisotopic (exact) mass is 619 g/mol. The van der Waals surface area contributed by atoms with Crippen LogP contribution in [0.4, 0.5) is 0 Å². The molecule has 0 heterocycles. The lowest BCUT2D eigenvalue weighted by atomic mass is 10.1. The topological polar surface area (TPSA) is 82.3 Å². The van der Waals surface area contributed by atoms with E-state index in [-0.39, 0.29) is 11.8 Å². The molecule has 0 unspecified atom stereocenters. The Morgan fingerprint density at radius 2 is 0.591 bits per heavy atom. The van der Waals surface area contributed by atoms with Gasteiger partial charge in [0, 0.05) is 49.7 Å². The zero-order valence-electron chi connectivity index (χ0n) is 29.8. The lowest BCUT2D eigenvalue weighted by Gasteiger charge is -2.08. The van der Waals surface area contributed by atoms with E-state index in [0.717, 1.165) is 50.4 Å². The number of carbonyl (C=O) groups excluding carboxylic acids is 2. The number of amides is 2. The molecule has 4 N–H and O–H groups in total. The molecule has 0 atom stereocenters. The van der Waals surface area contributed by atoms with Crippen LogP contribution in [0.2, 0.25) is 0 Å². The highest BCUT2D eigenvalue weighted by molar-refractivity contribution is 5.88. The van der Waals surface area contributed by atoms with Gasteiger partial charge in [0.25, 0.3) is 0 Å². The number of rotatable bonds is 33. The lowest BCUT2D eigenvalue weighted by Crippen LogP contribution is -2.24. The minimum Gasteiger partial charge on any atom is -0.388 e. The van der Waals surface area contributed by atoms with Gasteiger partial charge in [0.1, 0.15) is 0 Å². The third-order valence-electron chi connectivity index (χ3n) is 8.27. The van der Waals surface area contributed by atoms with Crippen molar-refractivity contribution in [2.75, 3.05) is 26.2 Å². The highest BCUT2D eigenvalue weighted by Gasteiger charge is 2.00. The van der Waals surface area contributed by atoms with E-state index in [1.165, 1.54) is 141 Å². The second-order valence-electron chi connectivity index (χ2n) is 12.9. The maximum atomic E-state index is 12.1. The van der Waals surface area contributed by atoms with E-state index in [1.807, 2.05) is 13.8 Å². The number of hydrogen-bond acceptors (Lipinski definition) is 4. The van der Waals surface area contributed by atoms with Crippen molar-refractivity contribution in [3.8, 4) is 0 Å². The Bertz CT molecular complexity index is 660. The quantitative estimate of drug-likeness (QED) is 0.0436. The van der Waals surface area contributed by atoms with Crippen LogP contribution in [0.25, 0.3) is 0 Å². The summed E-state index contributed by atoms with van der Waals surface area (Å²) < 4.78 is 0. The molecule has 258 valence electrons. The Hall–Kier alpha value is -1.98. The second-order valence-corrected chi connectivity index (χ2v) is 12.9. The smallest absolute Gasteiger partial charge is 0.245 e. The Balaban J connectivity index is 3.48. The van der Waals surface area contributed by atoms with Crippen molar-refractivity contribution in [1.82, 2.24) is 21.3 Å². The van der Waals surface area contributed by atoms with E-state index in [9.17, 15) is 9.59 Å². The van der Waals surface area contributed by atoms with Gasteiger partial charge in [-0.25, -0.2) is 0 Å². The van der Waals surface area contributed by atoms with E-state index in [0.29, 0.717) is 0 Å². The first-order valence-electron chi connectivity index (χ1n) is 18.9. The molecule has 0 radical (unpaired) electrons. The van der Waals surface area contributed by atoms with Crippen LogP contribution in [-0.4, -0.2) is 38.0 Å². The van der Waals surface area contributed by atoms with Crippen molar-refractivity contribution in [2.24, 2.45) is 0 Å². The predicted molar refractivity (Wildman–Crippen MR) is 192 cm³/mol. The number of allylic oxidation sites excluding steroid dienone is 2. The minimum absolute atomic E-state index is 0.0202. The summed E-state index contributed by atoms with van der Waals surface area (Å²) in [4.78, 5) is 24.2. The molecule has 0 spiro atoms. The third-order valence-corrected chi connectivity index (χ3v) is 8.27. The number of hydrogen-bond donors (Lipinski definition) is 4. The molecule has 0 bridgehead atoms. The summed E-state index contributed by atoms with van der Waals surface area (Å²) in [7, 11) is 0. The number of nitrogens with one attached hydrogen (secondary N) is 4. The van der Waals surface area contributed by atoms with Crippen LogP contribution < -0.4 is 21.3 Å². The number of carbonyl (C=O) groups is 2. The predicted octanol–water partition coefficient (Wildman–Crippen LogP) is 9.61. The molecule has 0 fully saturated rings. The first kappa shape index (κ1) is 42.0. The van der Waals surface area contributed by atoms with E-state index < -0.39 is 0 Å². The van der Waals surface area contributed by atoms with Crippen molar-refractivity contribution in [2.45, 2.75) is 182 Å². The van der Waals surface area contributed by atoms with Crippen LogP contribution in [0.3, 0.4) is 0 Å². The van der Waals surface area contributed by atoms with Crippen LogP contribution in [0.15, 0.2) is 23.5 Å². The van der Waals surface area contributed by atoms with Crippen molar-refractivity contribution in [1.29, 1.82) is 0 Å². The molecule has 0 aliphatic heterocycles. The summed E-state index contributed by atoms with van der Waals surface area (Å²) in [6, 6.07) is 0. The molecule has 6 heteroatoms. The highest BCUT2D eigenvalue weighted by atomic mass is 16.2. The molecule has 0 saturated heterocycles. The Morgan fingerprint density at radius 1 is 0.364 bits per heavy atom. The van der Waals surface area contributed by atoms with E-state index >= 15 is 0 Å². The van der Waals surface area contributed by atoms with Crippen LogP contribution in [0.5, 0.6) is 0 Å². The lowest BCUT2D eigenvalue weighted by molar-refractivity contribution is -0.117. The molecule has 2 amide bonds. The van der Waals surface area contributed by atoms with Gasteiger partial charge >= 0.3 is 0 Å². The maximum Gasteiger partial charge on any atom is 0.245 e. The molecule has 0 rings (SSSR count). The fourth-order valence-electron chi connectivity index (χ4n) is 5.42. The second kappa shape index (κ2) is 33.9. The van der Waals surface area contributed by atoms with E-state index in [2.05, 4.69) is 35.1 Å². The van der Waals surface area contributed by atoms with Crippen molar-refractivity contribution < 1.29 is 9.59 Å². The summed E-state index contributed by atoms with van der Waals surface area (Å²) in [5.41, 5.74) is 1.92. The normalized spacial score (nSPS) is 11.9. The molecule has 0 aromatic carbocycles. The summed E-state index contributed by atoms with van der Waals surface area (Å²) in [6.45, 7) is 11.9. The Kier molecular flexibility index (Phi) is 32.4. The van der Waals surface area contributed by atoms with Crippen molar-refractivity contribution in [3.05, 3.63) is 23.5 Å². The summed E-state index contributed by atoms with van der Waals surface area (Å²) in [5.74, 6) is 0.0404. The molecule has 0 aliphatic carbocycles. The van der Waals surface area contributed by atoms with Gasteiger partial charge < -0.3 is 21.3 Å². The SMILES string of the molecule is CCCCCCCCCN/C(C)=C\C(=O)NCCCCCCCCCCCCNC(=O)/C=C(/C)NCCCCCCCCC. The summed E-state index contributed by atoms with van der Waals surface area (Å²) in [6.07, 6.45) is 33.8. The van der Waals surface area contributed by atoms with Gasteiger partial charge in [0.2, 0.25) is 11.8 Å². The molecule has 0 aromatic rings. The van der Waals surface area contributed by atoms with Gasteiger partial charge in [-0.15, -0.1) is 0 Å². The molecule has 0 aliphatic rings. The molecular weight excluding hydrogens is 544 g/mol. The molecule has 0 saturated carbocycles. The molecule has 6 nitrogen and oxygen atoms in total. The van der Waals surface area contributed by atoms with Crippen LogP contribution >= 0.6 is 0 Å². The average Bonchev–Trinajstić information content (AvgIpc) is 2.99. The first-order chi connectivity index (χ1) is 21.5. The van der Waals surface area contributed by atoms with Gasteiger partial charge in [-0.2, -0.15) is 0 Å². The van der Waals surface area contributed by atoms with Gasteiger partial charge in [-0.05, 0) is 39.5 Å². The first-order valence-corrected chi connectivity index (χ1v) is 18.9. The number of unbranched alkanes of at least 4 members (excludes halogenated alkanes) is 21. The average molecular weight is 619 g/mol. The third kappa shape index (κ3) is 32.9. The molecule has 0 aromatic heterocycles. The molecular formula is C38H74N4O2. The van der Waals surface area contributed by atoms with Gasteiger partial charge in [0.05, 0.1) is 0 Å². The zero-order valence-corrected chi connectivity index (χ0v) is 29.8. The standard InChI is InChI=1S/C38H74N4O2/c1-5-7-9-11-17-21-25-29-39-35(3)33-37(43)41-31-27-23-19-15-13-14-16-20-24-28-32-42-38(44)34-36(4)40-30-26-22-18-12-10-8-6-2/h33-34,39-40H,5-32H2,1-4H3,(H,41,43)(H,42,44)/b35-33-,36-34-. The van der Waals surface area contributed by atoms with Gasteiger partial charge in [-0.3, -0.25) is 9.59 Å². The van der Waals surface area contributed by atoms with Crippen LogP contribution in [0, 0.1) is 0 Å². The molecule has 44 heavy (non-hydrogen) atoms. The van der Waals surface area contributed by atoms with Crippen molar-refractivity contribution in [3.63, 3.8) is 0 Å². The zero-order chi connectivity index (χ0) is 32.4. The minimum atomic E-state index is 0.0202. The van der Waals surface area contributed by atoms with Gasteiger partial charge in [0.15, 0.2) is 0 Å². The van der Waals surface area contributed by atoms with Crippen LogP contribution in [0.1, 0.15) is 182 Å². The fraction of sp³-hybridized carbons (Fsp3) is 0.842. The Morgan fingerprint density at radius 3 is 0.864 bits per heavy atom. The van der Waals surface area contributed by atoms with Gasteiger partial charge in [-0.1, -0.05) is 142 Å².